The highest BCUT2D eigenvalue weighted by Crippen LogP contribution is 2.39. The lowest BCUT2D eigenvalue weighted by molar-refractivity contribution is 0.0879. The Morgan fingerprint density at radius 3 is 2.84 bits per heavy atom. The molecular weight excluding hydrogens is 396 g/mol. The van der Waals surface area contributed by atoms with Gasteiger partial charge in [-0.25, -0.2) is 14.8 Å². The van der Waals surface area contributed by atoms with Crippen molar-refractivity contribution in [2.45, 2.75) is 31.3 Å². The van der Waals surface area contributed by atoms with Crippen LogP contribution in [0, 0.1) is 5.92 Å². The highest BCUT2D eigenvalue weighted by atomic mass is 16.5. The van der Waals surface area contributed by atoms with Gasteiger partial charge in [-0.1, -0.05) is 6.07 Å². The molecule has 5 rings (SSSR count). The maximum atomic E-state index is 13.2. The summed E-state index contributed by atoms with van der Waals surface area (Å²) in [5, 5.41) is 5.91. The Kier molecular flexibility index (Phi) is 5.19. The van der Waals surface area contributed by atoms with Crippen LogP contribution in [-0.2, 0) is 4.74 Å². The number of aromatic nitrogens is 2. The average Bonchev–Trinajstić information content (AvgIpc) is 3.55. The lowest BCUT2D eigenvalue weighted by Crippen LogP contribution is -2.48. The lowest BCUT2D eigenvalue weighted by atomic mass is 10.1. The first-order valence-electron chi connectivity index (χ1n) is 10.7. The summed E-state index contributed by atoms with van der Waals surface area (Å²) in [6.07, 6.45) is 4.69. The zero-order valence-corrected chi connectivity index (χ0v) is 17.5. The number of nitrogens with zero attached hydrogens (tertiary/aromatic N) is 4. The fourth-order valence-corrected chi connectivity index (χ4v) is 4.42. The Balaban J connectivity index is 1.41. The van der Waals surface area contributed by atoms with Gasteiger partial charge in [0.2, 0.25) is 0 Å². The van der Waals surface area contributed by atoms with Crippen LogP contribution < -0.4 is 20.4 Å². The molecule has 4 heterocycles. The molecule has 0 aromatic carbocycles. The first-order valence-corrected chi connectivity index (χ1v) is 10.7. The molecule has 0 unspecified atom stereocenters. The number of carbonyl (C=O) groups is 2. The fourth-order valence-electron chi connectivity index (χ4n) is 4.42. The number of carbonyl (C=O) groups excluding carboxylic acids is 2. The Bertz CT molecular complexity index is 980. The molecule has 1 aliphatic carbocycles. The fraction of sp³-hybridized carbons (Fsp3) is 0.455. The Hall–Kier alpha value is -3.20. The second kappa shape index (κ2) is 8.14. The van der Waals surface area contributed by atoms with Gasteiger partial charge in [0, 0.05) is 26.4 Å². The van der Waals surface area contributed by atoms with Crippen LogP contribution in [0.5, 0.6) is 0 Å². The van der Waals surface area contributed by atoms with E-state index in [0.717, 1.165) is 38.0 Å². The van der Waals surface area contributed by atoms with Crippen LogP contribution in [0.3, 0.4) is 0 Å². The summed E-state index contributed by atoms with van der Waals surface area (Å²) in [6.45, 7) is 2.10. The summed E-state index contributed by atoms with van der Waals surface area (Å²) in [5.74, 6) is 1.22. The number of rotatable bonds is 6. The van der Waals surface area contributed by atoms with E-state index in [0.29, 0.717) is 29.9 Å². The average molecular weight is 422 g/mol. The molecule has 2 aromatic rings. The van der Waals surface area contributed by atoms with E-state index in [-0.39, 0.29) is 24.0 Å². The number of pyridine rings is 2. The number of methoxy groups -OCH3 is 1. The first-order chi connectivity index (χ1) is 15.1. The van der Waals surface area contributed by atoms with Crippen molar-refractivity contribution in [3.8, 4) is 0 Å². The van der Waals surface area contributed by atoms with Crippen molar-refractivity contribution in [3.63, 3.8) is 0 Å². The minimum absolute atomic E-state index is 0.00901. The number of anilines is 3. The summed E-state index contributed by atoms with van der Waals surface area (Å²) >= 11 is 0. The standard InChI is InChI=1S/C22H26N6O3/c1-31-13-17(14-5-6-14)25-21(29)16-7-8-18-20(24-16)28(15-9-11-27(18)12-15)22(30)26-19-4-2-3-10-23-19/h2-4,7-8,10,14-15,17H,5-6,9,11-13H2,1H3,(H,25,29)(H,23,26,30)/t15-,17-/m0/s1. The molecule has 9 heteroatoms. The number of urea groups is 1. The quantitative estimate of drug-likeness (QED) is 0.741. The molecule has 31 heavy (non-hydrogen) atoms. The molecule has 2 fully saturated rings. The van der Waals surface area contributed by atoms with Gasteiger partial charge in [0.25, 0.3) is 5.91 Å². The van der Waals surface area contributed by atoms with Crippen molar-refractivity contribution in [1.82, 2.24) is 15.3 Å². The maximum Gasteiger partial charge on any atom is 0.329 e. The lowest BCUT2D eigenvalue weighted by Gasteiger charge is -2.35. The Morgan fingerprint density at radius 1 is 1.23 bits per heavy atom. The van der Waals surface area contributed by atoms with Gasteiger partial charge in [0.05, 0.1) is 24.4 Å². The minimum atomic E-state index is -0.285. The third-order valence-corrected chi connectivity index (χ3v) is 6.16. The van der Waals surface area contributed by atoms with Gasteiger partial charge in [-0.2, -0.15) is 0 Å². The molecule has 0 spiro atoms. The molecule has 3 amide bonds. The molecule has 2 bridgehead atoms. The molecule has 1 saturated heterocycles. The summed E-state index contributed by atoms with van der Waals surface area (Å²) in [6, 6.07) is 8.70. The number of amides is 3. The zero-order chi connectivity index (χ0) is 21.4. The topological polar surface area (TPSA) is 99.7 Å². The monoisotopic (exact) mass is 422 g/mol. The van der Waals surface area contributed by atoms with E-state index in [2.05, 4.69) is 25.5 Å². The van der Waals surface area contributed by atoms with Gasteiger partial charge in [-0.15, -0.1) is 0 Å². The van der Waals surface area contributed by atoms with E-state index < -0.39 is 0 Å². The van der Waals surface area contributed by atoms with Gasteiger partial charge in [0.15, 0.2) is 5.82 Å². The van der Waals surface area contributed by atoms with E-state index in [1.54, 1.807) is 36.4 Å². The van der Waals surface area contributed by atoms with Crippen molar-refractivity contribution >= 4 is 29.3 Å². The molecule has 2 atom stereocenters. The van der Waals surface area contributed by atoms with Crippen LogP contribution in [0.2, 0.25) is 0 Å². The largest absolute Gasteiger partial charge is 0.383 e. The van der Waals surface area contributed by atoms with Crippen LogP contribution in [-0.4, -0.2) is 60.8 Å². The van der Waals surface area contributed by atoms with Crippen LogP contribution >= 0.6 is 0 Å². The van der Waals surface area contributed by atoms with Crippen molar-refractivity contribution < 1.29 is 14.3 Å². The molecule has 1 saturated carbocycles. The molecule has 3 aliphatic rings. The van der Waals surface area contributed by atoms with E-state index in [1.165, 1.54) is 0 Å². The smallest absolute Gasteiger partial charge is 0.329 e. The third-order valence-electron chi connectivity index (χ3n) is 6.16. The van der Waals surface area contributed by atoms with Crippen molar-refractivity contribution in [1.29, 1.82) is 0 Å². The molecule has 2 aliphatic heterocycles. The van der Waals surface area contributed by atoms with Crippen LogP contribution in [0.1, 0.15) is 29.8 Å². The second-order valence-corrected chi connectivity index (χ2v) is 8.32. The number of fused-ring (bicyclic) bond motifs is 4. The van der Waals surface area contributed by atoms with E-state index in [1.807, 2.05) is 12.1 Å². The molecule has 2 aromatic heterocycles. The Morgan fingerprint density at radius 2 is 2.10 bits per heavy atom. The Labute approximate surface area is 180 Å². The molecule has 2 N–H and O–H groups in total. The molecule has 9 nitrogen and oxygen atoms in total. The summed E-state index contributed by atoms with van der Waals surface area (Å²) < 4.78 is 5.27. The highest BCUT2D eigenvalue weighted by molar-refractivity contribution is 6.05. The predicted octanol–water partition coefficient (Wildman–Crippen LogP) is 2.26. The number of hydrogen-bond donors (Lipinski definition) is 2. The highest BCUT2D eigenvalue weighted by Gasteiger charge is 2.41. The van der Waals surface area contributed by atoms with E-state index in [9.17, 15) is 9.59 Å². The van der Waals surface area contributed by atoms with E-state index in [4.69, 9.17) is 4.74 Å². The second-order valence-electron chi connectivity index (χ2n) is 8.32. The zero-order valence-electron chi connectivity index (χ0n) is 17.5. The maximum absolute atomic E-state index is 13.2. The van der Waals surface area contributed by atoms with Crippen LogP contribution in [0.15, 0.2) is 36.5 Å². The van der Waals surface area contributed by atoms with Gasteiger partial charge >= 0.3 is 6.03 Å². The van der Waals surface area contributed by atoms with Gasteiger partial charge < -0.3 is 15.0 Å². The summed E-state index contributed by atoms with van der Waals surface area (Å²) in [4.78, 5) is 38.8. The van der Waals surface area contributed by atoms with Gasteiger partial charge in [-0.3, -0.25) is 15.0 Å². The van der Waals surface area contributed by atoms with Crippen molar-refractivity contribution in [2.75, 3.05) is 41.9 Å². The summed E-state index contributed by atoms with van der Waals surface area (Å²) in [7, 11) is 1.64. The van der Waals surface area contributed by atoms with E-state index >= 15 is 0 Å². The first kappa shape index (κ1) is 19.7. The number of nitrogens with one attached hydrogen (secondary N) is 2. The van der Waals surface area contributed by atoms with Crippen molar-refractivity contribution in [3.05, 3.63) is 42.2 Å². The normalized spacial score (nSPS) is 20.2. The SMILES string of the molecule is COC[C@H](NC(=O)c1ccc2c(n1)N(C(=O)Nc1ccccn1)[C@H]1CCN2C1)C1CC1. The molecular formula is C22H26N6O3. The third kappa shape index (κ3) is 3.93. The number of hydrogen-bond acceptors (Lipinski definition) is 6. The van der Waals surface area contributed by atoms with Gasteiger partial charge in [0.1, 0.15) is 11.5 Å². The minimum Gasteiger partial charge on any atom is -0.383 e. The molecule has 162 valence electrons. The summed E-state index contributed by atoms with van der Waals surface area (Å²) in [5.41, 5.74) is 1.18. The van der Waals surface area contributed by atoms with Gasteiger partial charge in [-0.05, 0) is 49.4 Å². The van der Waals surface area contributed by atoms with Crippen LogP contribution in [0.25, 0.3) is 0 Å². The number of ether oxygens (including phenoxy) is 1. The predicted molar refractivity (Wildman–Crippen MR) is 116 cm³/mol. The van der Waals surface area contributed by atoms with Crippen LogP contribution in [0.4, 0.5) is 22.1 Å². The van der Waals surface area contributed by atoms with Crippen molar-refractivity contribution in [2.24, 2.45) is 5.92 Å². The molecule has 0 radical (unpaired) electrons.